The normalized spacial score (nSPS) is 9.94. The van der Waals surface area contributed by atoms with Crippen molar-refractivity contribution >= 4 is 11.7 Å². The van der Waals surface area contributed by atoms with Crippen LogP contribution in [-0.2, 0) is 22.4 Å². The molecule has 4 nitrogen and oxygen atoms in total. The van der Waals surface area contributed by atoms with Crippen molar-refractivity contribution in [2.45, 2.75) is 26.7 Å². The molecule has 0 spiro atoms. The van der Waals surface area contributed by atoms with Crippen LogP contribution in [0.4, 0.5) is 0 Å². The Morgan fingerprint density at radius 2 is 2.06 bits per heavy atom. The van der Waals surface area contributed by atoms with Gasteiger partial charge in [-0.1, -0.05) is 19.1 Å². The van der Waals surface area contributed by atoms with E-state index in [-0.39, 0.29) is 0 Å². The van der Waals surface area contributed by atoms with Crippen molar-refractivity contribution < 1.29 is 14.3 Å². The zero-order valence-electron chi connectivity index (χ0n) is 11.1. The summed E-state index contributed by atoms with van der Waals surface area (Å²) in [6.07, 6.45) is 1.60. The van der Waals surface area contributed by atoms with Gasteiger partial charge in [0.2, 0.25) is 5.78 Å². The van der Waals surface area contributed by atoms with Crippen LogP contribution in [0.5, 0.6) is 5.75 Å². The first-order valence-corrected chi connectivity index (χ1v) is 6.03. The molecule has 0 aliphatic carbocycles. The number of rotatable bonds is 6. The van der Waals surface area contributed by atoms with Crippen LogP contribution in [0.15, 0.2) is 18.2 Å². The number of hydrogen-bond donors (Lipinski definition) is 1. The number of carbonyl (C=O) groups is 2. The molecule has 0 heterocycles. The van der Waals surface area contributed by atoms with Gasteiger partial charge in [0.25, 0.3) is 5.91 Å². The summed E-state index contributed by atoms with van der Waals surface area (Å²) >= 11 is 0. The Bertz CT molecular complexity index is 441. The van der Waals surface area contributed by atoms with Gasteiger partial charge in [0, 0.05) is 13.5 Å². The minimum absolute atomic E-state index is 0.459. The molecule has 0 aromatic heterocycles. The lowest BCUT2D eigenvalue weighted by Crippen LogP contribution is -2.30. The Labute approximate surface area is 107 Å². The highest BCUT2D eigenvalue weighted by Crippen LogP contribution is 2.20. The van der Waals surface area contributed by atoms with Crippen LogP contribution in [0.2, 0.25) is 0 Å². The van der Waals surface area contributed by atoms with Crippen LogP contribution in [0.25, 0.3) is 0 Å². The van der Waals surface area contributed by atoms with E-state index in [9.17, 15) is 9.59 Å². The number of ketones is 1. The number of methoxy groups -OCH3 is 1. The quantitative estimate of drug-likeness (QED) is 0.777. The topological polar surface area (TPSA) is 55.4 Å². The third kappa shape index (κ3) is 3.87. The van der Waals surface area contributed by atoms with E-state index < -0.39 is 11.7 Å². The van der Waals surface area contributed by atoms with E-state index in [1.807, 2.05) is 12.1 Å². The van der Waals surface area contributed by atoms with Crippen molar-refractivity contribution in [2.75, 3.05) is 13.7 Å². The molecule has 4 heteroatoms. The molecule has 0 atom stereocenters. The van der Waals surface area contributed by atoms with E-state index >= 15 is 0 Å². The number of amides is 1. The Kier molecular flexibility index (Phi) is 5.36. The van der Waals surface area contributed by atoms with Crippen molar-refractivity contribution in [2.24, 2.45) is 0 Å². The molecule has 0 fully saturated rings. The van der Waals surface area contributed by atoms with Gasteiger partial charge < -0.3 is 10.1 Å². The third-order valence-electron chi connectivity index (χ3n) is 2.74. The van der Waals surface area contributed by atoms with Gasteiger partial charge in [-0.3, -0.25) is 9.59 Å². The SMILES string of the molecule is CCc1cc(CCNC(=O)C(C)=O)ccc1OC. The van der Waals surface area contributed by atoms with Crippen molar-refractivity contribution in [1.82, 2.24) is 5.32 Å². The second kappa shape index (κ2) is 6.79. The van der Waals surface area contributed by atoms with E-state index in [4.69, 9.17) is 4.74 Å². The Morgan fingerprint density at radius 3 is 2.61 bits per heavy atom. The average Bonchev–Trinajstić information content (AvgIpc) is 2.38. The molecule has 1 aromatic carbocycles. The van der Waals surface area contributed by atoms with Gasteiger partial charge in [-0.15, -0.1) is 0 Å². The largest absolute Gasteiger partial charge is 0.496 e. The number of ether oxygens (including phenoxy) is 1. The Balaban J connectivity index is 2.58. The highest BCUT2D eigenvalue weighted by molar-refractivity contribution is 6.35. The number of hydrogen-bond acceptors (Lipinski definition) is 3. The van der Waals surface area contributed by atoms with E-state index in [0.717, 1.165) is 23.3 Å². The maximum atomic E-state index is 11.1. The number of nitrogens with one attached hydrogen (secondary N) is 1. The molecule has 1 rings (SSSR count). The molecule has 98 valence electrons. The molecular formula is C14H19NO3. The standard InChI is InChI=1S/C14H19NO3/c1-4-12-9-11(5-6-13(12)18-3)7-8-15-14(17)10(2)16/h5-6,9H,4,7-8H2,1-3H3,(H,15,17). The van der Waals surface area contributed by atoms with Crippen molar-refractivity contribution in [3.05, 3.63) is 29.3 Å². The zero-order chi connectivity index (χ0) is 13.5. The monoisotopic (exact) mass is 249 g/mol. The lowest BCUT2D eigenvalue weighted by molar-refractivity contribution is -0.136. The second-order valence-corrected chi connectivity index (χ2v) is 4.06. The van der Waals surface area contributed by atoms with E-state index in [1.165, 1.54) is 6.92 Å². The summed E-state index contributed by atoms with van der Waals surface area (Å²) < 4.78 is 5.25. The molecular weight excluding hydrogens is 230 g/mol. The van der Waals surface area contributed by atoms with Gasteiger partial charge in [0.1, 0.15) is 5.75 Å². The molecule has 0 saturated carbocycles. The minimum Gasteiger partial charge on any atom is -0.496 e. The predicted molar refractivity (Wildman–Crippen MR) is 69.8 cm³/mol. The van der Waals surface area contributed by atoms with Crippen LogP contribution in [-0.4, -0.2) is 25.3 Å². The van der Waals surface area contributed by atoms with Gasteiger partial charge in [0.15, 0.2) is 0 Å². The summed E-state index contributed by atoms with van der Waals surface area (Å²) in [6.45, 7) is 3.80. The van der Waals surface area contributed by atoms with Crippen LogP contribution in [0.1, 0.15) is 25.0 Å². The molecule has 0 saturated heterocycles. The van der Waals surface area contributed by atoms with E-state index in [1.54, 1.807) is 7.11 Å². The summed E-state index contributed by atoms with van der Waals surface area (Å²) in [5, 5.41) is 2.58. The van der Waals surface area contributed by atoms with Crippen LogP contribution in [0, 0.1) is 0 Å². The molecule has 1 N–H and O–H groups in total. The molecule has 0 unspecified atom stereocenters. The van der Waals surface area contributed by atoms with Crippen LogP contribution < -0.4 is 10.1 Å². The number of carbonyl (C=O) groups excluding carboxylic acids is 2. The van der Waals surface area contributed by atoms with Crippen molar-refractivity contribution in [1.29, 1.82) is 0 Å². The first-order valence-electron chi connectivity index (χ1n) is 6.03. The summed E-state index contributed by atoms with van der Waals surface area (Å²) in [7, 11) is 1.65. The highest BCUT2D eigenvalue weighted by Gasteiger charge is 2.06. The third-order valence-corrected chi connectivity index (χ3v) is 2.74. The average molecular weight is 249 g/mol. The zero-order valence-corrected chi connectivity index (χ0v) is 11.1. The van der Waals surface area contributed by atoms with Crippen molar-refractivity contribution in [3.63, 3.8) is 0 Å². The molecule has 0 aliphatic heterocycles. The minimum atomic E-state index is -0.528. The molecule has 0 aliphatic rings. The lowest BCUT2D eigenvalue weighted by Gasteiger charge is -2.09. The maximum absolute atomic E-state index is 11.1. The summed E-state index contributed by atoms with van der Waals surface area (Å²) in [5.41, 5.74) is 2.27. The van der Waals surface area contributed by atoms with E-state index in [2.05, 4.69) is 18.3 Å². The maximum Gasteiger partial charge on any atom is 0.287 e. The van der Waals surface area contributed by atoms with Crippen molar-refractivity contribution in [3.8, 4) is 5.75 Å². The fourth-order valence-electron chi connectivity index (χ4n) is 1.71. The summed E-state index contributed by atoms with van der Waals surface area (Å²) in [6, 6.07) is 5.97. The number of benzene rings is 1. The number of Topliss-reactive ketones (excluding diaryl/α,β-unsaturated/α-hetero) is 1. The smallest absolute Gasteiger partial charge is 0.287 e. The fourth-order valence-corrected chi connectivity index (χ4v) is 1.71. The Hall–Kier alpha value is -1.84. The Morgan fingerprint density at radius 1 is 1.33 bits per heavy atom. The van der Waals surface area contributed by atoms with E-state index in [0.29, 0.717) is 13.0 Å². The van der Waals surface area contributed by atoms with Gasteiger partial charge in [-0.2, -0.15) is 0 Å². The molecule has 1 amide bonds. The molecule has 0 radical (unpaired) electrons. The van der Waals surface area contributed by atoms with Crippen LogP contribution in [0.3, 0.4) is 0 Å². The first-order chi connectivity index (χ1) is 8.58. The van der Waals surface area contributed by atoms with Crippen LogP contribution >= 0.6 is 0 Å². The molecule has 0 bridgehead atoms. The summed E-state index contributed by atoms with van der Waals surface area (Å²) in [4.78, 5) is 21.8. The lowest BCUT2D eigenvalue weighted by atomic mass is 10.1. The molecule has 18 heavy (non-hydrogen) atoms. The second-order valence-electron chi connectivity index (χ2n) is 4.06. The predicted octanol–water partition coefficient (Wildman–Crippen LogP) is 1.51. The number of aryl methyl sites for hydroxylation is 1. The van der Waals surface area contributed by atoms with Gasteiger partial charge in [-0.25, -0.2) is 0 Å². The highest BCUT2D eigenvalue weighted by atomic mass is 16.5. The summed E-state index contributed by atoms with van der Waals surface area (Å²) in [5.74, 6) is -0.104. The molecule has 1 aromatic rings. The van der Waals surface area contributed by atoms with Gasteiger partial charge in [-0.05, 0) is 30.0 Å². The fraction of sp³-hybridized carbons (Fsp3) is 0.429. The first kappa shape index (κ1) is 14.2. The van der Waals surface area contributed by atoms with Gasteiger partial charge >= 0.3 is 0 Å². The van der Waals surface area contributed by atoms with Gasteiger partial charge in [0.05, 0.1) is 7.11 Å².